The average molecular weight is 226 g/mol. The summed E-state index contributed by atoms with van der Waals surface area (Å²) >= 11 is 0. The van der Waals surface area contributed by atoms with Crippen molar-refractivity contribution in [2.75, 3.05) is 18.5 Å². The number of ether oxygens (including phenoxy) is 1. The number of anilines is 1. The first kappa shape index (κ1) is 12.2. The van der Waals surface area contributed by atoms with Gasteiger partial charge in [0.15, 0.2) is 5.82 Å². The van der Waals surface area contributed by atoms with Crippen molar-refractivity contribution < 1.29 is 14.3 Å². The molecule has 7 nitrogen and oxygen atoms in total. The van der Waals surface area contributed by atoms with Gasteiger partial charge in [-0.05, 0) is 6.92 Å². The van der Waals surface area contributed by atoms with E-state index in [1.807, 2.05) is 6.92 Å². The molecule has 0 aliphatic heterocycles. The second kappa shape index (κ2) is 5.86. The summed E-state index contributed by atoms with van der Waals surface area (Å²) in [6, 6.07) is 0. The van der Waals surface area contributed by atoms with Crippen LogP contribution in [0.2, 0.25) is 0 Å². The van der Waals surface area contributed by atoms with Gasteiger partial charge in [-0.3, -0.25) is 14.3 Å². The first-order chi connectivity index (χ1) is 7.69. The van der Waals surface area contributed by atoms with Crippen molar-refractivity contribution in [3.8, 4) is 0 Å². The number of nitrogens with two attached hydrogens (primary N) is 1. The second-order valence-electron chi connectivity index (χ2n) is 2.98. The molecule has 88 valence electrons. The number of carbonyl (C=O) groups excluding carboxylic acids is 2. The molecule has 0 radical (unpaired) electrons. The molecule has 0 saturated carbocycles. The molecule has 0 saturated heterocycles. The predicted molar refractivity (Wildman–Crippen MR) is 56.9 cm³/mol. The lowest BCUT2D eigenvalue weighted by atomic mass is 10.3. The van der Waals surface area contributed by atoms with E-state index in [2.05, 4.69) is 10.4 Å². The minimum atomic E-state index is -0.632. The summed E-state index contributed by atoms with van der Waals surface area (Å²) in [4.78, 5) is 21.3. The van der Waals surface area contributed by atoms with E-state index in [0.717, 1.165) is 0 Å². The molecule has 1 aromatic heterocycles. The first-order valence-electron chi connectivity index (χ1n) is 4.84. The Morgan fingerprint density at radius 1 is 1.75 bits per heavy atom. The topological polar surface area (TPSA) is 99.2 Å². The van der Waals surface area contributed by atoms with Crippen LogP contribution in [0.4, 0.5) is 5.82 Å². The standard InChI is InChI=1S/C9H14N4O3/c1-2-16-4-3-13-5-7(8(10)15)9(12-13)11-6-14/h5-6H,2-4H2,1H3,(H2,10,15)(H,11,12,14). The average Bonchev–Trinajstić information content (AvgIpc) is 2.62. The Balaban J connectivity index is 2.75. The zero-order valence-corrected chi connectivity index (χ0v) is 8.97. The van der Waals surface area contributed by atoms with E-state index in [1.165, 1.54) is 10.9 Å². The lowest BCUT2D eigenvalue weighted by molar-refractivity contribution is -0.105. The molecule has 0 aromatic carbocycles. The molecule has 16 heavy (non-hydrogen) atoms. The zero-order chi connectivity index (χ0) is 12.0. The molecule has 0 unspecified atom stereocenters. The van der Waals surface area contributed by atoms with Crippen LogP contribution in [0.3, 0.4) is 0 Å². The highest BCUT2D eigenvalue weighted by atomic mass is 16.5. The molecule has 0 atom stereocenters. The van der Waals surface area contributed by atoms with Crippen LogP contribution in [0, 0.1) is 0 Å². The van der Waals surface area contributed by atoms with E-state index >= 15 is 0 Å². The molecular formula is C9H14N4O3. The third-order valence-electron chi connectivity index (χ3n) is 1.89. The molecular weight excluding hydrogens is 212 g/mol. The van der Waals surface area contributed by atoms with Gasteiger partial charge in [-0.1, -0.05) is 0 Å². The van der Waals surface area contributed by atoms with Gasteiger partial charge in [-0.25, -0.2) is 0 Å². The summed E-state index contributed by atoms with van der Waals surface area (Å²) < 4.78 is 6.64. The fraction of sp³-hybridized carbons (Fsp3) is 0.444. The van der Waals surface area contributed by atoms with Crippen LogP contribution in [-0.2, 0) is 16.1 Å². The van der Waals surface area contributed by atoms with Crippen molar-refractivity contribution in [1.82, 2.24) is 9.78 Å². The summed E-state index contributed by atoms with van der Waals surface area (Å²) in [7, 11) is 0. The molecule has 1 rings (SSSR count). The van der Waals surface area contributed by atoms with E-state index in [9.17, 15) is 9.59 Å². The Morgan fingerprint density at radius 3 is 3.06 bits per heavy atom. The van der Waals surface area contributed by atoms with Crippen LogP contribution in [0.25, 0.3) is 0 Å². The van der Waals surface area contributed by atoms with Gasteiger partial charge in [-0.2, -0.15) is 5.10 Å². The van der Waals surface area contributed by atoms with Crippen LogP contribution in [-0.4, -0.2) is 35.3 Å². The maximum atomic E-state index is 11.0. The minimum absolute atomic E-state index is 0.166. The fourth-order valence-corrected chi connectivity index (χ4v) is 1.18. The first-order valence-corrected chi connectivity index (χ1v) is 4.84. The van der Waals surface area contributed by atoms with Crippen molar-refractivity contribution in [2.45, 2.75) is 13.5 Å². The number of amides is 2. The van der Waals surface area contributed by atoms with Crippen molar-refractivity contribution in [2.24, 2.45) is 5.73 Å². The van der Waals surface area contributed by atoms with Crippen molar-refractivity contribution in [1.29, 1.82) is 0 Å². The Kier molecular flexibility index (Phi) is 4.46. The molecule has 0 aliphatic rings. The molecule has 1 aromatic rings. The fourth-order valence-electron chi connectivity index (χ4n) is 1.18. The monoisotopic (exact) mass is 226 g/mol. The highest BCUT2D eigenvalue weighted by Crippen LogP contribution is 2.11. The van der Waals surface area contributed by atoms with Crippen molar-refractivity contribution in [3.63, 3.8) is 0 Å². The lowest BCUT2D eigenvalue weighted by Gasteiger charge is -2.00. The molecule has 0 aliphatic carbocycles. The molecule has 1 heterocycles. The lowest BCUT2D eigenvalue weighted by Crippen LogP contribution is -2.12. The van der Waals surface area contributed by atoms with Gasteiger partial charge in [0.25, 0.3) is 5.91 Å². The van der Waals surface area contributed by atoms with Gasteiger partial charge in [0.2, 0.25) is 6.41 Å². The third kappa shape index (κ3) is 3.06. The maximum absolute atomic E-state index is 11.0. The van der Waals surface area contributed by atoms with Gasteiger partial charge >= 0.3 is 0 Å². The second-order valence-corrected chi connectivity index (χ2v) is 2.98. The predicted octanol–water partition coefficient (Wildman–Crippen LogP) is -0.413. The van der Waals surface area contributed by atoms with Crippen LogP contribution in [0.15, 0.2) is 6.20 Å². The van der Waals surface area contributed by atoms with Gasteiger partial charge < -0.3 is 15.8 Å². The van der Waals surface area contributed by atoms with E-state index in [4.69, 9.17) is 10.5 Å². The van der Waals surface area contributed by atoms with Crippen LogP contribution in [0.1, 0.15) is 17.3 Å². The summed E-state index contributed by atoms with van der Waals surface area (Å²) in [5, 5.41) is 6.30. The summed E-state index contributed by atoms with van der Waals surface area (Å²) in [6.45, 7) is 3.48. The van der Waals surface area contributed by atoms with E-state index in [0.29, 0.717) is 26.2 Å². The normalized spacial score (nSPS) is 10.1. The van der Waals surface area contributed by atoms with E-state index < -0.39 is 5.91 Å². The molecule has 0 fully saturated rings. The molecule has 0 bridgehead atoms. The van der Waals surface area contributed by atoms with Gasteiger partial charge in [0.1, 0.15) is 5.56 Å². The van der Waals surface area contributed by atoms with Gasteiger partial charge in [0, 0.05) is 12.8 Å². The summed E-state index contributed by atoms with van der Waals surface area (Å²) in [5.41, 5.74) is 5.32. The number of primary amides is 1. The quantitative estimate of drug-likeness (QED) is 0.487. The Bertz CT molecular complexity index is 375. The molecule has 3 N–H and O–H groups in total. The minimum Gasteiger partial charge on any atom is -0.380 e. The number of carbonyl (C=O) groups is 2. The van der Waals surface area contributed by atoms with Gasteiger partial charge in [-0.15, -0.1) is 0 Å². The number of aromatic nitrogens is 2. The highest BCUT2D eigenvalue weighted by molar-refractivity contribution is 5.98. The third-order valence-corrected chi connectivity index (χ3v) is 1.89. The Hall–Kier alpha value is -1.89. The number of nitrogens with zero attached hydrogens (tertiary/aromatic N) is 2. The largest absolute Gasteiger partial charge is 0.380 e. The van der Waals surface area contributed by atoms with E-state index in [1.54, 1.807) is 0 Å². The summed E-state index contributed by atoms with van der Waals surface area (Å²) in [5.74, 6) is -0.467. The molecule has 2 amide bonds. The van der Waals surface area contributed by atoms with Gasteiger partial charge in [0.05, 0.1) is 13.2 Å². The maximum Gasteiger partial charge on any atom is 0.254 e. The molecule has 0 spiro atoms. The number of hydrogen-bond donors (Lipinski definition) is 2. The summed E-state index contributed by atoms with van der Waals surface area (Å²) in [6.07, 6.45) is 1.93. The van der Waals surface area contributed by atoms with Crippen molar-refractivity contribution >= 4 is 18.1 Å². The number of hydrogen-bond acceptors (Lipinski definition) is 4. The smallest absolute Gasteiger partial charge is 0.254 e. The zero-order valence-electron chi connectivity index (χ0n) is 8.97. The highest BCUT2D eigenvalue weighted by Gasteiger charge is 2.12. The van der Waals surface area contributed by atoms with E-state index in [-0.39, 0.29) is 11.4 Å². The Labute approximate surface area is 92.6 Å². The van der Waals surface area contributed by atoms with Crippen LogP contribution in [0.5, 0.6) is 0 Å². The Morgan fingerprint density at radius 2 is 2.50 bits per heavy atom. The van der Waals surface area contributed by atoms with Crippen molar-refractivity contribution in [3.05, 3.63) is 11.8 Å². The number of nitrogens with one attached hydrogen (secondary N) is 1. The van der Waals surface area contributed by atoms with Crippen LogP contribution < -0.4 is 11.1 Å². The molecule has 7 heteroatoms. The SMILES string of the molecule is CCOCCn1cc(C(N)=O)c(NC=O)n1. The number of rotatable bonds is 7. The van der Waals surface area contributed by atoms with Crippen LogP contribution >= 0.6 is 0 Å².